The Labute approximate surface area is 194 Å². The number of methoxy groups -OCH3 is 1. The highest BCUT2D eigenvalue weighted by molar-refractivity contribution is 7.22. The summed E-state index contributed by atoms with van der Waals surface area (Å²) in [5, 5.41) is 4.68. The standard InChI is InChI=1S/C28H29NO2S/c1-19-5-3-4-6-24(19)28-27(25-14-13-23(30-2)17-26(25)32-28)31-22-11-9-20(10-12-22)15-16-29-18-21-7-8-21/h3-6,9-14,17,21,29H,7-8,15-16,18H2,1-2H3. The van der Waals surface area contributed by atoms with E-state index in [9.17, 15) is 0 Å². The lowest BCUT2D eigenvalue weighted by atomic mass is 10.1. The molecule has 1 heterocycles. The average Bonchev–Trinajstić information content (AvgIpc) is 3.59. The third-order valence-electron chi connectivity index (χ3n) is 6.10. The minimum atomic E-state index is 0.862. The van der Waals surface area contributed by atoms with Crippen LogP contribution in [0.15, 0.2) is 66.7 Å². The van der Waals surface area contributed by atoms with Crippen molar-refractivity contribution in [1.82, 2.24) is 5.32 Å². The molecule has 0 saturated heterocycles. The van der Waals surface area contributed by atoms with E-state index < -0.39 is 0 Å². The summed E-state index contributed by atoms with van der Waals surface area (Å²) in [5.41, 5.74) is 3.78. The number of ether oxygens (including phenoxy) is 2. The van der Waals surface area contributed by atoms with Crippen LogP contribution in [0.3, 0.4) is 0 Å². The van der Waals surface area contributed by atoms with Gasteiger partial charge < -0.3 is 14.8 Å². The highest BCUT2D eigenvalue weighted by atomic mass is 32.1. The Morgan fingerprint density at radius 2 is 1.75 bits per heavy atom. The maximum absolute atomic E-state index is 6.52. The van der Waals surface area contributed by atoms with Crippen molar-refractivity contribution in [1.29, 1.82) is 0 Å². The van der Waals surface area contributed by atoms with Crippen molar-refractivity contribution in [2.24, 2.45) is 5.92 Å². The van der Waals surface area contributed by atoms with Gasteiger partial charge in [0, 0.05) is 10.1 Å². The van der Waals surface area contributed by atoms with Crippen LogP contribution in [0.1, 0.15) is 24.0 Å². The Hall–Kier alpha value is -2.82. The van der Waals surface area contributed by atoms with Gasteiger partial charge in [-0.1, -0.05) is 36.4 Å². The normalized spacial score (nSPS) is 13.4. The van der Waals surface area contributed by atoms with E-state index in [0.717, 1.165) is 51.1 Å². The summed E-state index contributed by atoms with van der Waals surface area (Å²) in [6, 6.07) is 23.2. The topological polar surface area (TPSA) is 30.5 Å². The van der Waals surface area contributed by atoms with Gasteiger partial charge >= 0.3 is 0 Å². The average molecular weight is 444 g/mol. The lowest BCUT2D eigenvalue weighted by Gasteiger charge is -2.11. The number of fused-ring (bicyclic) bond motifs is 1. The molecule has 0 aliphatic heterocycles. The van der Waals surface area contributed by atoms with Gasteiger partial charge in [-0.05, 0) is 92.2 Å². The lowest BCUT2D eigenvalue weighted by molar-refractivity contribution is 0.415. The molecule has 4 heteroatoms. The summed E-state index contributed by atoms with van der Waals surface area (Å²) in [6.07, 6.45) is 3.84. The second-order valence-corrected chi connectivity index (χ2v) is 9.63. The van der Waals surface area contributed by atoms with E-state index in [4.69, 9.17) is 9.47 Å². The molecule has 3 nitrogen and oxygen atoms in total. The molecule has 1 saturated carbocycles. The summed E-state index contributed by atoms with van der Waals surface area (Å²) in [5.74, 6) is 3.57. The fraction of sp³-hybridized carbons (Fsp3) is 0.286. The minimum absolute atomic E-state index is 0.862. The van der Waals surface area contributed by atoms with Crippen LogP contribution in [0.25, 0.3) is 20.5 Å². The van der Waals surface area contributed by atoms with Gasteiger partial charge in [-0.3, -0.25) is 0 Å². The van der Waals surface area contributed by atoms with Crippen LogP contribution in [-0.4, -0.2) is 20.2 Å². The van der Waals surface area contributed by atoms with E-state index in [0.29, 0.717) is 0 Å². The van der Waals surface area contributed by atoms with Crippen LogP contribution in [0.4, 0.5) is 0 Å². The van der Waals surface area contributed by atoms with Gasteiger partial charge in [-0.15, -0.1) is 11.3 Å². The molecule has 1 aliphatic carbocycles. The smallest absolute Gasteiger partial charge is 0.153 e. The highest BCUT2D eigenvalue weighted by Gasteiger charge is 2.20. The zero-order chi connectivity index (χ0) is 21.9. The molecule has 1 fully saturated rings. The SMILES string of the molecule is COc1ccc2c(Oc3ccc(CCNCC4CC4)cc3)c(-c3ccccc3C)sc2c1. The number of nitrogens with one attached hydrogen (secondary N) is 1. The largest absolute Gasteiger partial charge is 0.497 e. The van der Waals surface area contributed by atoms with Crippen molar-refractivity contribution in [3.63, 3.8) is 0 Å². The molecule has 164 valence electrons. The second kappa shape index (κ2) is 9.35. The van der Waals surface area contributed by atoms with Gasteiger partial charge in [0.15, 0.2) is 5.75 Å². The molecule has 0 bridgehead atoms. The van der Waals surface area contributed by atoms with Crippen LogP contribution in [-0.2, 0) is 6.42 Å². The number of hydrogen-bond donors (Lipinski definition) is 1. The number of thiophene rings is 1. The van der Waals surface area contributed by atoms with Crippen molar-refractivity contribution in [2.75, 3.05) is 20.2 Å². The first kappa shape index (κ1) is 21.0. The molecule has 4 aromatic rings. The maximum atomic E-state index is 6.52. The van der Waals surface area contributed by atoms with Crippen molar-refractivity contribution < 1.29 is 9.47 Å². The summed E-state index contributed by atoms with van der Waals surface area (Å²) in [7, 11) is 1.71. The summed E-state index contributed by atoms with van der Waals surface area (Å²) < 4.78 is 13.1. The Kier molecular flexibility index (Phi) is 6.15. The molecule has 0 atom stereocenters. The quantitative estimate of drug-likeness (QED) is 0.277. The zero-order valence-corrected chi connectivity index (χ0v) is 19.5. The molecule has 1 aliphatic rings. The summed E-state index contributed by atoms with van der Waals surface area (Å²) >= 11 is 1.75. The fourth-order valence-corrected chi connectivity index (χ4v) is 5.24. The number of rotatable bonds is 9. The monoisotopic (exact) mass is 443 g/mol. The van der Waals surface area contributed by atoms with Crippen molar-refractivity contribution >= 4 is 21.4 Å². The van der Waals surface area contributed by atoms with Crippen LogP contribution in [0, 0.1) is 12.8 Å². The molecule has 5 rings (SSSR count). The van der Waals surface area contributed by atoms with Crippen molar-refractivity contribution in [2.45, 2.75) is 26.2 Å². The Morgan fingerprint density at radius 3 is 2.50 bits per heavy atom. The third-order valence-corrected chi connectivity index (χ3v) is 7.27. The third kappa shape index (κ3) is 4.67. The first-order chi connectivity index (χ1) is 15.7. The molecule has 1 aromatic heterocycles. The Bertz CT molecular complexity index is 1210. The van der Waals surface area contributed by atoms with E-state index in [1.165, 1.54) is 36.1 Å². The van der Waals surface area contributed by atoms with Crippen LogP contribution >= 0.6 is 11.3 Å². The van der Waals surface area contributed by atoms with Gasteiger partial charge in [0.2, 0.25) is 0 Å². The summed E-state index contributed by atoms with van der Waals surface area (Å²) in [6.45, 7) is 4.35. The molecule has 0 radical (unpaired) electrons. The van der Waals surface area contributed by atoms with Gasteiger partial charge in [-0.2, -0.15) is 0 Å². The second-order valence-electron chi connectivity index (χ2n) is 8.58. The molecule has 0 unspecified atom stereocenters. The predicted octanol–water partition coefficient (Wildman–Crippen LogP) is 7.22. The van der Waals surface area contributed by atoms with Crippen LogP contribution in [0.5, 0.6) is 17.2 Å². The van der Waals surface area contributed by atoms with Gasteiger partial charge in [0.25, 0.3) is 0 Å². The van der Waals surface area contributed by atoms with Crippen molar-refractivity contribution in [3.8, 4) is 27.7 Å². The van der Waals surface area contributed by atoms with Gasteiger partial charge in [-0.25, -0.2) is 0 Å². The van der Waals surface area contributed by atoms with E-state index in [-0.39, 0.29) is 0 Å². The summed E-state index contributed by atoms with van der Waals surface area (Å²) in [4.78, 5) is 1.15. The highest BCUT2D eigenvalue weighted by Crippen LogP contribution is 2.47. The molecule has 0 amide bonds. The van der Waals surface area contributed by atoms with E-state index >= 15 is 0 Å². The van der Waals surface area contributed by atoms with Gasteiger partial charge in [0.1, 0.15) is 11.5 Å². The predicted molar refractivity (Wildman–Crippen MR) is 134 cm³/mol. The minimum Gasteiger partial charge on any atom is -0.497 e. The number of aryl methyl sites for hydroxylation is 1. The molecule has 0 spiro atoms. The molecule has 32 heavy (non-hydrogen) atoms. The Morgan fingerprint density at radius 1 is 0.969 bits per heavy atom. The number of hydrogen-bond acceptors (Lipinski definition) is 4. The molecule has 3 aromatic carbocycles. The maximum Gasteiger partial charge on any atom is 0.153 e. The molecular weight excluding hydrogens is 414 g/mol. The first-order valence-corrected chi connectivity index (χ1v) is 12.2. The van der Waals surface area contributed by atoms with Crippen LogP contribution in [0.2, 0.25) is 0 Å². The lowest BCUT2D eigenvalue weighted by Crippen LogP contribution is -2.19. The number of benzene rings is 3. The fourth-order valence-electron chi connectivity index (χ4n) is 3.99. The molecular formula is C28H29NO2S. The van der Waals surface area contributed by atoms with E-state index in [1.54, 1.807) is 18.4 Å². The van der Waals surface area contributed by atoms with Crippen molar-refractivity contribution in [3.05, 3.63) is 77.9 Å². The first-order valence-electron chi connectivity index (χ1n) is 11.4. The molecule has 1 N–H and O–H groups in total. The van der Waals surface area contributed by atoms with Crippen LogP contribution < -0.4 is 14.8 Å². The van der Waals surface area contributed by atoms with Gasteiger partial charge in [0.05, 0.1) is 12.0 Å². The Balaban J connectivity index is 1.41. The zero-order valence-electron chi connectivity index (χ0n) is 18.7. The van der Waals surface area contributed by atoms with E-state index in [1.807, 2.05) is 6.07 Å². The van der Waals surface area contributed by atoms with E-state index in [2.05, 4.69) is 72.9 Å².